The van der Waals surface area contributed by atoms with E-state index in [1.165, 1.54) is 15.6 Å². The lowest BCUT2D eigenvalue weighted by Gasteiger charge is -2.34. The van der Waals surface area contributed by atoms with Crippen LogP contribution in [0.5, 0.6) is 0 Å². The Morgan fingerprint density at radius 3 is 2.33 bits per heavy atom. The van der Waals surface area contributed by atoms with Crippen molar-refractivity contribution in [1.29, 1.82) is 0 Å². The number of rotatable bonds is 4. The molecule has 2 aromatic heterocycles. The molecule has 6 nitrogen and oxygen atoms in total. The van der Waals surface area contributed by atoms with Gasteiger partial charge >= 0.3 is 0 Å². The zero-order valence-electron chi connectivity index (χ0n) is 14.3. The standard InChI is InChI=1S/C18H17ClN4O2S2/c19-15-5-2-1-4-14(15)16-7-8-17(21-20-16)22-9-11-23(12-10-22)27(24,25)18-6-3-13-26-18/h1-8,13H,9-12H2. The molecule has 0 radical (unpaired) electrons. The van der Waals surface area contributed by atoms with E-state index in [0.717, 1.165) is 11.4 Å². The molecule has 1 fully saturated rings. The molecule has 27 heavy (non-hydrogen) atoms. The Hall–Kier alpha value is -2.00. The minimum Gasteiger partial charge on any atom is -0.352 e. The first-order chi connectivity index (χ1) is 13.1. The van der Waals surface area contributed by atoms with Gasteiger partial charge in [0.15, 0.2) is 5.82 Å². The van der Waals surface area contributed by atoms with Crippen LogP contribution in [-0.4, -0.2) is 49.1 Å². The highest BCUT2D eigenvalue weighted by Gasteiger charge is 2.29. The Balaban J connectivity index is 1.45. The third kappa shape index (κ3) is 3.70. The molecule has 1 aliphatic heterocycles. The van der Waals surface area contributed by atoms with Gasteiger partial charge in [-0.3, -0.25) is 0 Å². The number of nitrogens with zero attached hydrogens (tertiary/aromatic N) is 4. The Bertz CT molecular complexity index is 1020. The highest BCUT2D eigenvalue weighted by atomic mass is 35.5. The molecule has 3 aromatic rings. The van der Waals surface area contributed by atoms with Gasteiger partial charge in [0.25, 0.3) is 10.0 Å². The number of hydrogen-bond donors (Lipinski definition) is 0. The second kappa shape index (κ2) is 7.55. The van der Waals surface area contributed by atoms with Gasteiger partial charge in [-0.1, -0.05) is 35.9 Å². The van der Waals surface area contributed by atoms with Gasteiger partial charge in [0.05, 0.1) is 10.7 Å². The lowest BCUT2D eigenvalue weighted by Crippen LogP contribution is -2.48. The zero-order valence-corrected chi connectivity index (χ0v) is 16.7. The molecule has 1 aliphatic rings. The second-order valence-corrected chi connectivity index (χ2v) is 9.60. The van der Waals surface area contributed by atoms with E-state index in [1.807, 2.05) is 41.3 Å². The van der Waals surface area contributed by atoms with E-state index < -0.39 is 10.0 Å². The van der Waals surface area contributed by atoms with Gasteiger partial charge in [-0.2, -0.15) is 4.31 Å². The summed E-state index contributed by atoms with van der Waals surface area (Å²) in [5.74, 6) is 0.735. The highest BCUT2D eigenvalue weighted by Crippen LogP contribution is 2.27. The van der Waals surface area contributed by atoms with E-state index in [1.54, 1.807) is 17.5 Å². The van der Waals surface area contributed by atoms with E-state index in [2.05, 4.69) is 10.2 Å². The van der Waals surface area contributed by atoms with Gasteiger partial charge < -0.3 is 4.90 Å². The first kappa shape index (κ1) is 18.4. The third-order valence-electron chi connectivity index (χ3n) is 4.45. The Labute approximate surface area is 167 Å². The maximum Gasteiger partial charge on any atom is 0.252 e. The van der Waals surface area contributed by atoms with Gasteiger partial charge in [0.2, 0.25) is 0 Å². The zero-order chi connectivity index (χ0) is 18.9. The fourth-order valence-corrected chi connectivity index (χ4v) is 5.80. The average molecular weight is 421 g/mol. The summed E-state index contributed by atoms with van der Waals surface area (Å²) >= 11 is 7.45. The van der Waals surface area contributed by atoms with Crippen molar-refractivity contribution in [1.82, 2.24) is 14.5 Å². The van der Waals surface area contributed by atoms with Crippen LogP contribution in [0.25, 0.3) is 11.3 Å². The van der Waals surface area contributed by atoms with E-state index in [-0.39, 0.29) is 0 Å². The summed E-state index contributed by atoms with van der Waals surface area (Å²) in [4.78, 5) is 2.05. The normalized spacial score (nSPS) is 15.8. The molecular weight excluding hydrogens is 404 g/mol. The van der Waals surface area contributed by atoms with E-state index in [4.69, 9.17) is 11.6 Å². The van der Waals surface area contributed by atoms with Crippen LogP contribution in [0.1, 0.15) is 0 Å². The first-order valence-electron chi connectivity index (χ1n) is 8.43. The number of sulfonamides is 1. The Morgan fingerprint density at radius 1 is 0.926 bits per heavy atom. The molecule has 0 unspecified atom stereocenters. The predicted octanol–water partition coefficient (Wildman–Crippen LogP) is 3.37. The van der Waals surface area contributed by atoms with E-state index >= 15 is 0 Å². The van der Waals surface area contributed by atoms with Crippen LogP contribution in [-0.2, 0) is 10.0 Å². The topological polar surface area (TPSA) is 66.4 Å². The largest absolute Gasteiger partial charge is 0.352 e. The number of aromatic nitrogens is 2. The lowest BCUT2D eigenvalue weighted by molar-refractivity contribution is 0.384. The average Bonchev–Trinajstić information content (AvgIpc) is 3.24. The smallest absolute Gasteiger partial charge is 0.252 e. The van der Waals surface area contributed by atoms with Crippen molar-refractivity contribution < 1.29 is 8.42 Å². The van der Waals surface area contributed by atoms with Crippen LogP contribution < -0.4 is 4.90 Å². The van der Waals surface area contributed by atoms with E-state index in [0.29, 0.717) is 41.1 Å². The monoisotopic (exact) mass is 420 g/mol. The van der Waals surface area contributed by atoms with Crippen molar-refractivity contribution in [3.05, 3.63) is 58.9 Å². The summed E-state index contributed by atoms with van der Waals surface area (Å²) < 4.78 is 27.1. The predicted molar refractivity (Wildman–Crippen MR) is 108 cm³/mol. The molecule has 0 saturated carbocycles. The Morgan fingerprint density at radius 2 is 1.70 bits per heavy atom. The van der Waals surface area contributed by atoms with Crippen molar-refractivity contribution in [2.75, 3.05) is 31.1 Å². The summed E-state index contributed by atoms with van der Waals surface area (Å²) in [5, 5.41) is 11.0. The second-order valence-electron chi connectivity index (χ2n) is 6.08. The fourth-order valence-electron chi connectivity index (χ4n) is 3.00. The van der Waals surface area contributed by atoms with Crippen molar-refractivity contribution in [2.24, 2.45) is 0 Å². The van der Waals surface area contributed by atoms with Crippen molar-refractivity contribution in [3.8, 4) is 11.3 Å². The van der Waals surface area contributed by atoms with Gasteiger partial charge in [0.1, 0.15) is 4.21 Å². The molecule has 0 amide bonds. The minimum absolute atomic E-state index is 0.389. The molecular formula is C18H17ClN4O2S2. The third-order valence-corrected chi connectivity index (χ3v) is 8.05. The first-order valence-corrected chi connectivity index (χ1v) is 11.1. The summed E-state index contributed by atoms with van der Waals surface area (Å²) in [7, 11) is -3.40. The molecule has 0 atom stereocenters. The van der Waals surface area contributed by atoms with Crippen molar-refractivity contribution in [3.63, 3.8) is 0 Å². The van der Waals surface area contributed by atoms with Gasteiger partial charge in [-0.05, 0) is 29.6 Å². The number of anilines is 1. The number of thiophene rings is 1. The maximum atomic E-state index is 12.6. The molecule has 1 aromatic carbocycles. The highest BCUT2D eigenvalue weighted by molar-refractivity contribution is 7.91. The van der Waals surface area contributed by atoms with Crippen molar-refractivity contribution in [2.45, 2.75) is 4.21 Å². The van der Waals surface area contributed by atoms with Gasteiger partial charge in [-0.15, -0.1) is 21.5 Å². The van der Waals surface area contributed by atoms with Crippen molar-refractivity contribution >= 4 is 38.8 Å². The fraction of sp³-hybridized carbons (Fsp3) is 0.222. The van der Waals surface area contributed by atoms with Crippen LogP contribution in [0.15, 0.2) is 58.1 Å². The molecule has 4 rings (SSSR count). The summed E-state index contributed by atoms with van der Waals surface area (Å²) in [6, 6.07) is 14.7. The minimum atomic E-state index is -3.40. The van der Waals surface area contributed by atoms with Gasteiger partial charge in [-0.25, -0.2) is 8.42 Å². The summed E-state index contributed by atoms with van der Waals surface area (Å²) in [6.07, 6.45) is 0. The number of piperazine rings is 1. The number of hydrogen-bond acceptors (Lipinski definition) is 6. The summed E-state index contributed by atoms with van der Waals surface area (Å²) in [6.45, 7) is 2.00. The molecule has 1 saturated heterocycles. The molecule has 0 spiro atoms. The molecule has 0 N–H and O–H groups in total. The molecule has 0 aliphatic carbocycles. The van der Waals surface area contributed by atoms with Crippen LogP contribution in [0.4, 0.5) is 5.82 Å². The van der Waals surface area contributed by atoms with E-state index in [9.17, 15) is 8.42 Å². The van der Waals surface area contributed by atoms with Crippen LogP contribution in [0, 0.1) is 0 Å². The number of benzene rings is 1. The lowest BCUT2D eigenvalue weighted by atomic mass is 10.1. The number of halogens is 1. The molecule has 3 heterocycles. The van der Waals surface area contributed by atoms with Crippen LogP contribution >= 0.6 is 22.9 Å². The van der Waals surface area contributed by atoms with Crippen LogP contribution in [0.2, 0.25) is 5.02 Å². The molecule has 0 bridgehead atoms. The SMILES string of the molecule is O=S(=O)(c1cccs1)N1CCN(c2ccc(-c3ccccc3Cl)nn2)CC1. The van der Waals surface area contributed by atoms with Crippen LogP contribution in [0.3, 0.4) is 0 Å². The summed E-state index contributed by atoms with van der Waals surface area (Å²) in [5.41, 5.74) is 1.55. The maximum absolute atomic E-state index is 12.6. The Kier molecular flexibility index (Phi) is 5.14. The molecule has 140 valence electrons. The quantitative estimate of drug-likeness (QED) is 0.647. The molecule has 9 heteroatoms. The van der Waals surface area contributed by atoms with Gasteiger partial charge in [0, 0.05) is 31.7 Å².